The molecule has 0 bridgehead atoms. The Hall–Kier alpha value is -4.00. The molecule has 0 aliphatic carbocycles. The van der Waals surface area contributed by atoms with Gasteiger partial charge in [-0.2, -0.15) is 5.10 Å². The summed E-state index contributed by atoms with van der Waals surface area (Å²) < 4.78 is 8.48. The standard InChI is InChI=1S/C23H18N4O3/c1-14-8-18-16(10-21(28)30-20(18)9-15(14)2)12-26-13-24-22-19(23(26)29)11-25-27(22)17-6-4-3-5-7-17/h3-11,13H,12H2,1-2H3. The fraction of sp³-hybridized carbons (Fsp3) is 0.130. The Bertz CT molecular complexity index is 1530. The van der Waals surface area contributed by atoms with Gasteiger partial charge in [0.25, 0.3) is 5.56 Å². The highest BCUT2D eigenvalue weighted by Gasteiger charge is 2.14. The maximum Gasteiger partial charge on any atom is 0.336 e. The van der Waals surface area contributed by atoms with Crippen molar-refractivity contribution in [1.82, 2.24) is 19.3 Å². The van der Waals surface area contributed by atoms with E-state index in [9.17, 15) is 9.59 Å². The van der Waals surface area contributed by atoms with Crippen LogP contribution in [0.5, 0.6) is 0 Å². The molecule has 0 fully saturated rings. The van der Waals surface area contributed by atoms with Gasteiger partial charge in [0.2, 0.25) is 0 Å². The lowest BCUT2D eigenvalue weighted by atomic mass is 10.0. The molecule has 7 heteroatoms. The summed E-state index contributed by atoms with van der Waals surface area (Å²) in [7, 11) is 0. The monoisotopic (exact) mass is 398 g/mol. The van der Waals surface area contributed by atoms with E-state index in [1.54, 1.807) is 4.68 Å². The summed E-state index contributed by atoms with van der Waals surface area (Å²) in [5.74, 6) is 0. The summed E-state index contributed by atoms with van der Waals surface area (Å²) in [6.45, 7) is 4.18. The minimum absolute atomic E-state index is 0.211. The summed E-state index contributed by atoms with van der Waals surface area (Å²) >= 11 is 0. The van der Waals surface area contributed by atoms with Gasteiger partial charge in [-0.3, -0.25) is 9.36 Å². The summed E-state index contributed by atoms with van der Waals surface area (Å²) in [6, 6.07) is 14.8. The Morgan fingerprint density at radius 2 is 1.73 bits per heavy atom. The van der Waals surface area contributed by atoms with Crippen molar-refractivity contribution in [1.29, 1.82) is 0 Å². The molecule has 0 saturated carbocycles. The third-order valence-electron chi connectivity index (χ3n) is 5.34. The van der Waals surface area contributed by atoms with Crippen LogP contribution in [-0.2, 0) is 6.54 Å². The number of nitrogens with zero attached hydrogens (tertiary/aromatic N) is 4. The number of benzene rings is 2. The molecule has 5 aromatic rings. The molecule has 0 N–H and O–H groups in total. The van der Waals surface area contributed by atoms with Crippen LogP contribution in [0.25, 0.3) is 27.7 Å². The number of hydrogen-bond donors (Lipinski definition) is 0. The fourth-order valence-corrected chi connectivity index (χ4v) is 3.62. The molecule has 5 rings (SSSR count). The van der Waals surface area contributed by atoms with E-state index in [0.29, 0.717) is 22.2 Å². The molecule has 0 saturated heterocycles. The number of rotatable bonds is 3. The van der Waals surface area contributed by atoms with Gasteiger partial charge in [-0.15, -0.1) is 0 Å². The first-order valence-corrected chi connectivity index (χ1v) is 9.54. The van der Waals surface area contributed by atoms with Crippen molar-refractivity contribution in [3.63, 3.8) is 0 Å². The van der Waals surface area contributed by atoms with E-state index in [1.807, 2.05) is 56.3 Å². The lowest BCUT2D eigenvalue weighted by molar-refractivity contribution is 0.557. The van der Waals surface area contributed by atoms with Crippen molar-refractivity contribution in [3.8, 4) is 5.69 Å². The van der Waals surface area contributed by atoms with Gasteiger partial charge in [0, 0.05) is 11.5 Å². The largest absolute Gasteiger partial charge is 0.423 e. The molecule has 0 amide bonds. The quantitative estimate of drug-likeness (QED) is 0.435. The predicted molar refractivity (Wildman–Crippen MR) is 114 cm³/mol. The maximum absolute atomic E-state index is 13.1. The van der Waals surface area contributed by atoms with Gasteiger partial charge in [-0.1, -0.05) is 18.2 Å². The molecular formula is C23H18N4O3. The van der Waals surface area contributed by atoms with Crippen molar-refractivity contribution in [2.75, 3.05) is 0 Å². The molecule has 2 aromatic carbocycles. The third kappa shape index (κ3) is 2.91. The van der Waals surface area contributed by atoms with E-state index in [1.165, 1.54) is 23.2 Å². The van der Waals surface area contributed by atoms with Crippen LogP contribution in [-0.4, -0.2) is 19.3 Å². The highest BCUT2D eigenvalue weighted by Crippen LogP contribution is 2.22. The fourth-order valence-electron chi connectivity index (χ4n) is 3.62. The summed E-state index contributed by atoms with van der Waals surface area (Å²) in [5.41, 5.74) is 4.01. The molecule has 148 valence electrons. The second kappa shape index (κ2) is 6.81. The highest BCUT2D eigenvalue weighted by molar-refractivity contribution is 5.82. The van der Waals surface area contributed by atoms with E-state index < -0.39 is 5.63 Å². The van der Waals surface area contributed by atoms with Crippen LogP contribution in [0.2, 0.25) is 0 Å². The molecule has 30 heavy (non-hydrogen) atoms. The van der Waals surface area contributed by atoms with Crippen molar-refractivity contribution >= 4 is 22.0 Å². The minimum Gasteiger partial charge on any atom is -0.423 e. The van der Waals surface area contributed by atoms with E-state index in [4.69, 9.17) is 4.42 Å². The first kappa shape index (κ1) is 18.1. The van der Waals surface area contributed by atoms with Gasteiger partial charge in [0.1, 0.15) is 17.3 Å². The number of aryl methyl sites for hydroxylation is 2. The molecule has 0 aliphatic rings. The van der Waals surface area contributed by atoms with Gasteiger partial charge >= 0.3 is 5.63 Å². The van der Waals surface area contributed by atoms with Crippen LogP contribution in [0, 0.1) is 13.8 Å². The van der Waals surface area contributed by atoms with E-state index in [2.05, 4.69) is 10.1 Å². The number of hydrogen-bond acceptors (Lipinski definition) is 5. The zero-order chi connectivity index (χ0) is 20.8. The van der Waals surface area contributed by atoms with Gasteiger partial charge in [-0.05, 0) is 54.8 Å². The van der Waals surface area contributed by atoms with Crippen molar-refractivity contribution in [2.45, 2.75) is 20.4 Å². The molecule has 0 unspecified atom stereocenters. The van der Waals surface area contributed by atoms with Crippen LogP contribution in [0.3, 0.4) is 0 Å². The predicted octanol–water partition coefficient (Wildman–Crippen LogP) is 3.35. The van der Waals surface area contributed by atoms with Gasteiger partial charge in [0.15, 0.2) is 5.65 Å². The average Bonchev–Trinajstić information content (AvgIpc) is 3.17. The van der Waals surface area contributed by atoms with Gasteiger partial charge < -0.3 is 4.42 Å². The molecule has 0 spiro atoms. The lowest BCUT2D eigenvalue weighted by Crippen LogP contribution is -2.21. The molecular weight excluding hydrogens is 380 g/mol. The van der Waals surface area contributed by atoms with Crippen molar-refractivity contribution in [2.24, 2.45) is 0 Å². The van der Waals surface area contributed by atoms with Crippen LogP contribution in [0.15, 0.2) is 75.1 Å². The maximum atomic E-state index is 13.1. The second-order valence-corrected chi connectivity index (χ2v) is 7.33. The normalized spacial score (nSPS) is 11.4. The molecule has 3 heterocycles. The number of para-hydroxylation sites is 1. The minimum atomic E-state index is -0.445. The first-order valence-electron chi connectivity index (χ1n) is 9.54. The van der Waals surface area contributed by atoms with E-state index >= 15 is 0 Å². The molecule has 7 nitrogen and oxygen atoms in total. The second-order valence-electron chi connectivity index (χ2n) is 7.33. The first-order chi connectivity index (χ1) is 14.5. The van der Waals surface area contributed by atoms with Crippen LogP contribution in [0.4, 0.5) is 0 Å². The molecule has 0 aliphatic heterocycles. The highest BCUT2D eigenvalue weighted by atomic mass is 16.4. The van der Waals surface area contributed by atoms with E-state index in [-0.39, 0.29) is 12.1 Å². The lowest BCUT2D eigenvalue weighted by Gasteiger charge is -2.10. The Morgan fingerprint density at radius 1 is 0.967 bits per heavy atom. The SMILES string of the molecule is Cc1cc2oc(=O)cc(Cn3cnc4c(cnn4-c4ccccc4)c3=O)c2cc1C. The Kier molecular flexibility index (Phi) is 4.10. The van der Waals surface area contributed by atoms with Crippen LogP contribution >= 0.6 is 0 Å². The zero-order valence-electron chi connectivity index (χ0n) is 16.5. The number of aromatic nitrogens is 4. The summed E-state index contributed by atoms with van der Waals surface area (Å²) in [5, 5.41) is 5.56. The zero-order valence-corrected chi connectivity index (χ0v) is 16.5. The molecule has 0 atom stereocenters. The Labute approximate surface area is 170 Å². The van der Waals surface area contributed by atoms with Crippen molar-refractivity contribution < 1.29 is 4.42 Å². The van der Waals surface area contributed by atoms with Crippen LogP contribution < -0.4 is 11.2 Å². The van der Waals surface area contributed by atoms with Gasteiger partial charge in [0.05, 0.1) is 18.4 Å². The molecule has 3 aromatic heterocycles. The summed E-state index contributed by atoms with van der Waals surface area (Å²) in [6.07, 6.45) is 3.02. The molecule has 0 radical (unpaired) electrons. The van der Waals surface area contributed by atoms with Crippen LogP contribution in [0.1, 0.15) is 16.7 Å². The smallest absolute Gasteiger partial charge is 0.336 e. The Morgan fingerprint density at radius 3 is 2.53 bits per heavy atom. The Balaban J connectivity index is 1.64. The third-order valence-corrected chi connectivity index (χ3v) is 5.34. The van der Waals surface area contributed by atoms with Crippen molar-refractivity contribution in [3.05, 3.63) is 98.5 Å². The topological polar surface area (TPSA) is 82.9 Å². The number of fused-ring (bicyclic) bond motifs is 2. The van der Waals surface area contributed by atoms with E-state index in [0.717, 1.165) is 22.2 Å². The van der Waals surface area contributed by atoms with Gasteiger partial charge in [-0.25, -0.2) is 14.5 Å². The average molecular weight is 398 g/mol. The summed E-state index contributed by atoms with van der Waals surface area (Å²) in [4.78, 5) is 29.6.